The van der Waals surface area contributed by atoms with Gasteiger partial charge in [-0.3, -0.25) is 4.57 Å². The third kappa shape index (κ3) is 4.24. The number of nitro groups is 1. The second-order valence-electron chi connectivity index (χ2n) is 5.53. The van der Waals surface area contributed by atoms with Gasteiger partial charge in [-0.25, -0.2) is 0 Å². The third-order valence-electron chi connectivity index (χ3n) is 3.64. The molecule has 1 aromatic carbocycles. The molecule has 0 radical (unpaired) electrons. The van der Waals surface area contributed by atoms with Crippen LogP contribution in [0.1, 0.15) is 16.9 Å². The van der Waals surface area contributed by atoms with Gasteiger partial charge in [-0.05, 0) is 33.2 Å². The summed E-state index contributed by atoms with van der Waals surface area (Å²) in [7, 11) is 1.71. The quantitative estimate of drug-likeness (QED) is 0.499. The zero-order valence-corrected chi connectivity index (χ0v) is 13.7. The molecule has 2 aromatic heterocycles. The number of furan rings is 1. The summed E-state index contributed by atoms with van der Waals surface area (Å²) in [5, 5.41) is 14.0. The predicted octanol–water partition coefficient (Wildman–Crippen LogP) is 3.25. The summed E-state index contributed by atoms with van der Waals surface area (Å²) in [6.45, 7) is 1.32. The van der Waals surface area contributed by atoms with Gasteiger partial charge in [-0.2, -0.15) is 0 Å². The van der Waals surface area contributed by atoms with Gasteiger partial charge in [0, 0.05) is 13.6 Å². The molecule has 8 heteroatoms. The lowest BCUT2D eigenvalue weighted by molar-refractivity contribution is -0.388. The molecule has 1 N–H and O–H groups in total. The Morgan fingerprint density at radius 2 is 2.12 bits per heavy atom. The van der Waals surface area contributed by atoms with E-state index in [0.29, 0.717) is 25.6 Å². The zero-order chi connectivity index (χ0) is 17.6. The molecule has 0 unspecified atom stereocenters. The number of imidazole rings is 1. The fraction of sp³-hybridized carbons (Fsp3) is 0.235. The summed E-state index contributed by atoms with van der Waals surface area (Å²) in [6, 6.07) is 11.5. The van der Waals surface area contributed by atoms with Crippen molar-refractivity contribution in [3.05, 3.63) is 76.0 Å². The Labute approximate surface area is 144 Å². The minimum absolute atomic E-state index is 0.180. The Kier molecular flexibility index (Phi) is 5.10. The second kappa shape index (κ2) is 7.63. The van der Waals surface area contributed by atoms with E-state index in [1.807, 2.05) is 36.4 Å². The first kappa shape index (κ1) is 16.7. The van der Waals surface area contributed by atoms with Crippen LogP contribution >= 0.6 is 0 Å². The minimum atomic E-state index is -0.499. The highest BCUT2D eigenvalue weighted by Crippen LogP contribution is 2.22. The Morgan fingerprint density at radius 3 is 2.88 bits per heavy atom. The van der Waals surface area contributed by atoms with Crippen molar-refractivity contribution >= 4 is 11.6 Å². The Bertz CT molecular complexity index is 842. The van der Waals surface area contributed by atoms with Crippen molar-refractivity contribution < 1.29 is 14.1 Å². The Morgan fingerprint density at radius 1 is 1.28 bits per heavy atom. The van der Waals surface area contributed by atoms with Crippen LogP contribution < -0.4 is 5.32 Å². The van der Waals surface area contributed by atoms with E-state index >= 15 is 0 Å². The van der Waals surface area contributed by atoms with Crippen LogP contribution in [0.15, 0.2) is 53.4 Å². The lowest BCUT2D eigenvalue weighted by Gasteiger charge is -2.08. The van der Waals surface area contributed by atoms with Crippen LogP contribution in [0.25, 0.3) is 0 Å². The molecule has 0 bridgehead atoms. The number of aryl methyl sites for hydroxylation is 1. The molecule has 0 amide bonds. The van der Waals surface area contributed by atoms with Crippen LogP contribution in [0, 0.1) is 10.1 Å². The third-order valence-corrected chi connectivity index (χ3v) is 3.64. The molecule has 0 fully saturated rings. The molecule has 25 heavy (non-hydrogen) atoms. The summed E-state index contributed by atoms with van der Waals surface area (Å²) in [5.74, 6) is 0.978. The van der Waals surface area contributed by atoms with E-state index in [2.05, 4.69) is 10.3 Å². The standard InChI is InChI=1S/C17H18N4O4/c1-20-12-19-17(21(22)23)16(20)18-9-13-4-2-5-14(8-13)10-24-11-15-6-3-7-25-15/h2-8,12,18H,9-11H2,1H3. The van der Waals surface area contributed by atoms with Gasteiger partial charge >= 0.3 is 5.82 Å². The van der Waals surface area contributed by atoms with Crippen molar-refractivity contribution in [2.24, 2.45) is 7.05 Å². The number of anilines is 1. The highest BCUT2D eigenvalue weighted by molar-refractivity contribution is 5.52. The van der Waals surface area contributed by atoms with E-state index in [1.54, 1.807) is 17.9 Å². The highest BCUT2D eigenvalue weighted by atomic mass is 16.6. The highest BCUT2D eigenvalue weighted by Gasteiger charge is 2.19. The molecule has 0 aliphatic heterocycles. The van der Waals surface area contributed by atoms with Crippen LogP contribution in [-0.2, 0) is 31.5 Å². The monoisotopic (exact) mass is 342 g/mol. The van der Waals surface area contributed by atoms with E-state index in [-0.39, 0.29) is 5.82 Å². The summed E-state index contributed by atoms with van der Waals surface area (Å²) in [4.78, 5) is 14.3. The van der Waals surface area contributed by atoms with Crippen LogP contribution in [0.5, 0.6) is 0 Å². The number of hydrogen-bond acceptors (Lipinski definition) is 6. The summed E-state index contributed by atoms with van der Waals surface area (Å²) in [5.41, 5.74) is 2.01. The van der Waals surface area contributed by atoms with Gasteiger partial charge in [-0.15, -0.1) is 0 Å². The molecule has 2 heterocycles. The van der Waals surface area contributed by atoms with Gasteiger partial charge < -0.3 is 24.6 Å². The van der Waals surface area contributed by atoms with Gasteiger partial charge in [0.2, 0.25) is 12.1 Å². The average molecular weight is 342 g/mol. The van der Waals surface area contributed by atoms with Crippen molar-refractivity contribution in [1.82, 2.24) is 9.55 Å². The molecule has 0 spiro atoms. The number of benzene rings is 1. The summed E-state index contributed by atoms with van der Waals surface area (Å²) < 4.78 is 12.4. The first-order chi connectivity index (χ1) is 12.1. The molecule has 130 valence electrons. The number of nitrogens with zero attached hydrogens (tertiary/aromatic N) is 3. The number of nitrogens with one attached hydrogen (secondary N) is 1. The zero-order valence-electron chi connectivity index (χ0n) is 13.7. The Balaban J connectivity index is 1.58. The van der Waals surface area contributed by atoms with E-state index in [4.69, 9.17) is 9.15 Å². The van der Waals surface area contributed by atoms with Crippen molar-refractivity contribution in [2.45, 2.75) is 19.8 Å². The smallest absolute Gasteiger partial charge is 0.406 e. The molecule has 0 atom stereocenters. The first-order valence-electron chi connectivity index (χ1n) is 7.71. The minimum Gasteiger partial charge on any atom is -0.467 e. The van der Waals surface area contributed by atoms with Crippen LogP contribution in [-0.4, -0.2) is 14.5 Å². The first-order valence-corrected chi connectivity index (χ1v) is 7.71. The number of hydrogen-bond donors (Lipinski definition) is 1. The Hall–Kier alpha value is -3.13. The van der Waals surface area contributed by atoms with E-state index in [9.17, 15) is 10.1 Å². The number of aromatic nitrogens is 2. The van der Waals surface area contributed by atoms with Crippen molar-refractivity contribution in [1.29, 1.82) is 0 Å². The van der Waals surface area contributed by atoms with Gasteiger partial charge in [0.1, 0.15) is 12.4 Å². The largest absolute Gasteiger partial charge is 0.467 e. The van der Waals surface area contributed by atoms with Crippen LogP contribution in [0.4, 0.5) is 11.6 Å². The molecule has 0 aliphatic rings. The second-order valence-corrected chi connectivity index (χ2v) is 5.53. The van der Waals surface area contributed by atoms with E-state index < -0.39 is 4.92 Å². The van der Waals surface area contributed by atoms with Crippen LogP contribution in [0.2, 0.25) is 0 Å². The molecule has 8 nitrogen and oxygen atoms in total. The van der Waals surface area contributed by atoms with Crippen molar-refractivity contribution in [3.63, 3.8) is 0 Å². The number of ether oxygens (including phenoxy) is 1. The fourth-order valence-electron chi connectivity index (χ4n) is 2.43. The maximum absolute atomic E-state index is 11.0. The SMILES string of the molecule is Cn1cnc([N+](=O)[O-])c1NCc1cccc(COCc2ccco2)c1. The fourth-order valence-corrected chi connectivity index (χ4v) is 2.43. The summed E-state index contributed by atoms with van der Waals surface area (Å²) >= 11 is 0. The van der Waals surface area contributed by atoms with Gasteiger partial charge in [-0.1, -0.05) is 24.3 Å². The molecule has 3 rings (SSSR count). The summed E-state index contributed by atoms with van der Waals surface area (Å²) in [6.07, 6.45) is 3.03. The molecular weight excluding hydrogens is 324 g/mol. The van der Waals surface area contributed by atoms with Gasteiger partial charge in [0.25, 0.3) is 0 Å². The van der Waals surface area contributed by atoms with E-state index in [0.717, 1.165) is 16.9 Å². The molecule has 3 aromatic rings. The number of rotatable bonds is 8. The molecule has 0 saturated heterocycles. The molecule has 0 aliphatic carbocycles. The maximum atomic E-state index is 11.0. The molecule has 0 saturated carbocycles. The average Bonchev–Trinajstić information content (AvgIpc) is 3.23. The van der Waals surface area contributed by atoms with Gasteiger partial charge in [0.15, 0.2) is 0 Å². The molecular formula is C17H18N4O4. The van der Waals surface area contributed by atoms with Crippen molar-refractivity contribution in [2.75, 3.05) is 5.32 Å². The van der Waals surface area contributed by atoms with Gasteiger partial charge in [0.05, 0.1) is 12.9 Å². The predicted molar refractivity (Wildman–Crippen MR) is 90.8 cm³/mol. The lowest BCUT2D eigenvalue weighted by atomic mass is 10.1. The van der Waals surface area contributed by atoms with Crippen molar-refractivity contribution in [3.8, 4) is 0 Å². The lowest BCUT2D eigenvalue weighted by Crippen LogP contribution is -2.06. The normalized spacial score (nSPS) is 10.8. The topological polar surface area (TPSA) is 95.4 Å². The van der Waals surface area contributed by atoms with Crippen LogP contribution in [0.3, 0.4) is 0 Å². The maximum Gasteiger partial charge on any atom is 0.406 e. The van der Waals surface area contributed by atoms with E-state index in [1.165, 1.54) is 6.33 Å².